The molecular weight excluding hydrogens is 316 g/mol. The van der Waals surface area contributed by atoms with Gasteiger partial charge in [-0.05, 0) is 26.5 Å². The van der Waals surface area contributed by atoms with Crippen molar-refractivity contribution in [3.8, 4) is 0 Å². The molecule has 0 aliphatic heterocycles. The molecule has 0 aliphatic carbocycles. The summed E-state index contributed by atoms with van der Waals surface area (Å²) in [4.78, 5) is 0. The van der Waals surface area contributed by atoms with E-state index in [4.69, 9.17) is 26.6 Å². The van der Waals surface area contributed by atoms with Crippen LogP contribution >= 0.6 is 11.2 Å². The lowest BCUT2D eigenvalue weighted by atomic mass is 10.9. The highest BCUT2D eigenvalue weighted by atomic mass is 32.4. The molecule has 20 heavy (non-hydrogen) atoms. The highest BCUT2D eigenvalue weighted by Gasteiger charge is 2.44. The summed E-state index contributed by atoms with van der Waals surface area (Å²) in [7, 11) is -0.407. The first kappa shape index (κ1) is 20.5. The molecule has 0 heterocycles. The fraction of sp³-hybridized carbons (Fsp3) is 1.00. The third-order valence-corrected chi connectivity index (χ3v) is 11.4. The second-order valence-corrected chi connectivity index (χ2v) is 11.7. The molecule has 0 atom stereocenters. The van der Waals surface area contributed by atoms with E-state index in [-0.39, 0.29) is 0 Å². The Bertz CT molecular complexity index is 218. The molecule has 0 rings (SSSR count). The zero-order valence-corrected chi connectivity index (χ0v) is 16.2. The maximum atomic E-state index is 5.80. The van der Waals surface area contributed by atoms with E-state index in [0.29, 0.717) is 25.9 Å². The van der Waals surface area contributed by atoms with Crippen LogP contribution in [0.1, 0.15) is 20.8 Å². The lowest BCUT2D eigenvalue weighted by Crippen LogP contribution is -2.47. The first-order valence-corrected chi connectivity index (χ1v) is 12.2. The highest BCUT2D eigenvalue weighted by Crippen LogP contribution is 2.27. The van der Waals surface area contributed by atoms with Crippen molar-refractivity contribution in [2.75, 3.05) is 46.9 Å². The smallest absolute Gasteiger partial charge is 0.374 e. The molecule has 0 bridgehead atoms. The van der Waals surface area contributed by atoms with Crippen LogP contribution in [0.15, 0.2) is 0 Å². The van der Waals surface area contributed by atoms with Crippen molar-refractivity contribution in [1.82, 2.24) is 0 Å². The van der Waals surface area contributed by atoms with Gasteiger partial charge in [-0.3, -0.25) is 0 Å². The minimum atomic E-state index is -2.61. The summed E-state index contributed by atoms with van der Waals surface area (Å²) in [6.07, 6.45) is 0. The van der Waals surface area contributed by atoms with E-state index >= 15 is 0 Å². The van der Waals surface area contributed by atoms with Gasteiger partial charge in [0.15, 0.2) is 0 Å². The molecule has 122 valence electrons. The fourth-order valence-corrected chi connectivity index (χ4v) is 8.97. The van der Waals surface area contributed by atoms with Crippen LogP contribution in [-0.4, -0.2) is 63.7 Å². The third-order valence-electron chi connectivity index (χ3n) is 2.53. The molecule has 0 aromatic heterocycles. The van der Waals surface area contributed by atoms with Gasteiger partial charge in [0.2, 0.25) is 0 Å². The Labute approximate surface area is 128 Å². The van der Waals surface area contributed by atoms with E-state index in [9.17, 15) is 0 Å². The second kappa shape index (κ2) is 11.2. The van der Waals surface area contributed by atoms with E-state index in [1.165, 1.54) is 0 Å². The van der Waals surface area contributed by atoms with Crippen molar-refractivity contribution >= 4 is 28.0 Å². The lowest BCUT2D eigenvalue weighted by molar-refractivity contribution is 0.0728. The van der Waals surface area contributed by atoms with Crippen molar-refractivity contribution in [3.05, 3.63) is 0 Å². The maximum absolute atomic E-state index is 5.80. The summed E-state index contributed by atoms with van der Waals surface area (Å²) in [5.41, 5.74) is 0. The van der Waals surface area contributed by atoms with E-state index in [2.05, 4.69) is 0 Å². The van der Waals surface area contributed by atoms with Crippen LogP contribution in [0.5, 0.6) is 0 Å². The van der Waals surface area contributed by atoms with Crippen LogP contribution in [0.2, 0.25) is 6.04 Å². The zero-order chi connectivity index (χ0) is 15.5. The van der Waals surface area contributed by atoms with Crippen LogP contribution < -0.4 is 0 Å². The van der Waals surface area contributed by atoms with Gasteiger partial charge in [-0.25, -0.2) is 0 Å². The Morgan fingerprint density at radius 1 is 0.750 bits per heavy atom. The standard InChI is InChI=1S/C11H28O6SSi2/c1-7-15-19(16-8-2,17-9-3)11-10-18-20(12-4,13-5)14-6/h7-11H2,1-6H3. The Hall–Kier alpha value is 0.544. The van der Waals surface area contributed by atoms with Gasteiger partial charge >= 0.3 is 16.8 Å². The Kier molecular flexibility index (Phi) is 11.5. The van der Waals surface area contributed by atoms with Gasteiger partial charge in [-0.1, -0.05) is 11.2 Å². The topological polar surface area (TPSA) is 55.4 Å². The van der Waals surface area contributed by atoms with Crippen molar-refractivity contribution in [2.24, 2.45) is 0 Å². The Balaban J connectivity index is 4.58. The zero-order valence-electron chi connectivity index (χ0n) is 13.4. The normalized spacial score (nSPS) is 12.9. The molecule has 6 nitrogen and oxygen atoms in total. The highest BCUT2D eigenvalue weighted by molar-refractivity contribution is 8.26. The molecule has 0 saturated heterocycles. The molecule has 0 unspecified atom stereocenters. The third kappa shape index (κ3) is 6.54. The quantitative estimate of drug-likeness (QED) is 0.474. The lowest BCUT2D eigenvalue weighted by Gasteiger charge is -2.29. The molecule has 0 spiro atoms. The predicted octanol–water partition coefficient (Wildman–Crippen LogP) is 2.14. The molecule has 9 heteroatoms. The SMILES string of the molecule is CCO[Si](CCS[Si](OC)(OC)OC)(OCC)OCC. The monoisotopic (exact) mass is 344 g/mol. The van der Waals surface area contributed by atoms with Crippen molar-refractivity contribution < 1.29 is 26.6 Å². The Morgan fingerprint density at radius 2 is 1.15 bits per heavy atom. The summed E-state index contributed by atoms with van der Waals surface area (Å²) in [6, 6.07) is 0.706. The minimum Gasteiger partial charge on any atom is -0.374 e. The molecular formula is C11H28O6SSi2. The summed E-state index contributed by atoms with van der Waals surface area (Å²) in [5.74, 6) is 0.744. The summed E-state index contributed by atoms with van der Waals surface area (Å²) < 4.78 is 33.5. The largest absolute Gasteiger partial charge is 0.572 e. The summed E-state index contributed by atoms with van der Waals surface area (Å²) >= 11 is 1.54. The molecule has 0 saturated carbocycles. The molecule has 0 N–H and O–H groups in total. The molecule has 0 aromatic rings. The van der Waals surface area contributed by atoms with Gasteiger partial charge in [0.25, 0.3) is 0 Å². The fourth-order valence-electron chi connectivity index (χ4n) is 1.73. The van der Waals surface area contributed by atoms with E-state index in [1.54, 1.807) is 32.5 Å². The maximum Gasteiger partial charge on any atom is 0.572 e. The molecule has 0 aliphatic rings. The van der Waals surface area contributed by atoms with Crippen molar-refractivity contribution in [2.45, 2.75) is 26.8 Å². The van der Waals surface area contributed by atoms with Gasteiger partial charge in [0.1, 0.15) is 0 Å². The first-order chi connectivity index (χ1) is 9.57. The molecule has 0 radical (unpaired) electrons. The van der Waals surface area contributed by atoms with E-state index in [1.807, 2.05) is 20.8 Å². The van der Waals surface area contributed by atoms with Gasteiger partial charge in [0, 0.05) is 47.2 Å². The summed E-state index contributed by atoms with van der Waals surface area (Å²) in [6.45, 7) is 7.59. The van der Waals surface area contributed by atoms with Crippen LogP contribution in [0.25, 0.3) is 0 Å². The van der Waals surface area contributed by atoms with Crippen LogP contribution in [-0.2, 0) is 26.6 Å². The van der Waals surface area contributed by atoms with Gasteiger partial charge in [0.05, 0.1) is 0 Å². The van der Waals surface area contributed by atoms with Gasteiger partial charge in [-0.15, -0.1) is 0 Å². The van der Waals surface area contributed by atoms with Crippen molar-refractivity contribution in [3.63, 3.8) is 0 Å². The molecule has 0 fully saturated rings. The van der Waals surface area contributed by atoms with E-state index in [0.717, 1.165) is 5.75 Å². The number of rotatable bonds is 13. The Morgan fingerprint density at radius 3 is 1.45 bits per heavy atom. The van der Waals surface area contributed by atoms with Crippen LogP contribution in [0.3, 0.4) is 0 Å². The average Bonchev–Trinajstić information content (AvgIpc) is 2.45. The summed E-state index contributed by atoms with van der Waals surface area (Å²) in [5, 5.41) is 0. The van der Waals surface area contributed by atoms with Crippen LogP contribution in [0.4, 0.5) is 0 Å². The first-order valence-electron chi connectivity index (χ1n) is 6.78. The number of hydrogen-bond donors (Lipinski definition) is 0. The average molecular weight is 345 g/mol. The van der Waals surface area contributed by atoms with Gasteiger partial charge in [-0.2, -0.15) is 0 Å². The van der Waals surface area contributed by atoms with E-state index < -0.39 is 16.8 Å². The molecule has 0 aromatic carbocycles. The van der Waals surface area contributed by atoms with Crippen LogP contribution in [0, 0.1) is 0 Å². The molecule has 0 amide bonds. The predicted molar refractivity (Wildman–Crippen MR) is 84.7 cm³/mol. The van der Waals surface area contributed by atoms with Gasteiger partial charge < -0.3 is 26.6 Å². The second-order valence-electron chi connectivity index (χ2n) is 3.69. The number of hydrogen-bond acceptors (Lipinski definition) is 7. The van der Waals surface area contributed by atoms with Crippen molar-refractivity contribution in [1.29, 1.82) is 0 Å². The minimum absolute atomic E-state index is 0.582.